The molecule has 1 N–H and O–H groups in total. The molecule has 1 saturated carbocycles. The highest BCUT2D eigenvalue weighted by atomic mass is 16.7. The second kappa shape index (κ2) is 9.66. The minimum atomic E-state index is -0.433. The van der Waals surface area contributed by atoms with Gasteiger partial charge in [-0.25, -0.2) is 0 Å². The first-order valence-electron chi connectivity index (χ1n) is 10.9. The van der Waals surface area contributed by atoms with E-state index in [1.54, 1.807) is 0 Å². The first kappa shape index (κ1) is 21.7. The van der Waals surface area contributed by atoms with Gasteiger partial charge in [-0.3, -0.25) is 4.79 Å². The van der Waals surface area contributed by atoms with Crippen LogP contribution in [0.3, 0.4) is 0 Å². The van der Waals surface area contributed by atoms with Gasteiger partial charge in [-0.2, -0.15) is 0 Å². The number of carbonyl (C=O) groups excluding carboxylic acids is 1. The fraction of sp³-hybridized carbons (Fsp3) is 0.346. The lowest BCUT2D eigenvalue weighted by Gasteiger charge is -2.16. The van der Waals surface area contributed by atoms with E-state index in [-0.39, 0.29) is 12.7 Å². The van der Waals surface area contributed by atoms with E-state index in [0.717, 1.165) is 47.6 Å². The number of amides is 1. The average molecular weight is 406 g/mol. The van der Waals surface area contributed by atoms with Gasteiger partial charge in [-0.05, 0) is 47.8 Å². The van der Waals surface area contributed by atoms with Crippen molar-refractivity contribution in [3.05, 3.63) is 77.5 Å². The van der Waals surface area contributed by atoms with Gasteiger partial charge in [0.15, 0.2) is 11.5 Å². The van der Waals surface area contributed by atoms with Crippen LogP contribution in [0.1, 0.15) is 58.1 Å². The number of rotatable bonds is 4. The lowest BCUT2D eigenvalue weighted by Crippen LogP contribution is -2.33. The molecule has 2 aromatic carbocycles. The van der Waals surface area contributed by atoms with Crippen LogP contribution in [-0.4, -0.2) is 12.7 Å². The normalized spacial score (nSPS) is 16.8. The zero-order valence-corrected chi connectivity index (χ0v) is 18.3. The summed E-state index contributed by atoms with van der Waals surface area (Å²) in [5.41, 5.74) is 3.87. The highest BCUT2D eigenvalue weighted by molar-refractivity contribution is 5.93. The van der Waals surface area contributed by atoms with E-state index >= 15 is 0 Å². The molecule has 1 heterocycles. The number of allylic oxidation sites excluding steroid dienone is 3. The Morgan fingerprint density at radius 2 is 1.63 bits per heavy atom. The number of hydrogen-bond donors (Lipinski definition) is 1. The van der Waals surface area contributed by atoms with Crippen molar-refractivity contribution in [3.63, 3.8) is 0 Å². The molecule has 0 atom stereocenters. The van der Waals surface area contributed by atoms with E-state index in [0.29, 0.717) is 0 Å². The van der Waals surface area contributed by atoms with Crippen LogP contribution in [0.25, 0.3) is 5.57 Å². The highest BCUT2D eigenvalue weighted by Crippen LogP contribution is 2.50. The maximum absolute atomic E-state index is 13.0. The zero-order chi connectivity index (χ0) is 21.6. The van der Waals surface area contributed by atoms with Gasteiger partial charge in [0.05, 0.1) is 5.41 Å². The summed E-state index contributed by atoms with van der Waals surface area (Å²) in [6, 6.07) is 16.1. The second-order valence-electron chi connectivity index (χ2n) is 7.00. The molecule has 5 rings (SSSR count). The lowest BCUT2D eigenvalue weighted by molar-refractivity contribution is -0.122. The lowest BCUT2D eigenvalue weighted by atomic mass is 9.94. The van der Waals surface area contributed by atoms with E-state index in [9.17, 15) is 4.79 Å². The molecule has 0 aromatic heterocycles. The Labute approximate surface area is 179 Å². The van der Waals surface area contributed by atoms with Gasteiger partial charge in [0.1, 0.15) is 0 Å². The Hall–Kier alpha value is -3.01. The first-order valence-corrected chi connectivity index (χ1v) is 10.9. The van der Waals surface area contributed by atoms with Crippen molar-refractivity contribution < 1.29 is 14.3 Å². The molecule has 30 heavy (non-hydrogen) atoms. The SMILES string of the molecule is CC.CC.O=C(NC1=CC(c2ccccc2)=CC1)C1(c2ccc3c(c2)OCO3)CC1. The summed E-state index contributed by atoms with van der Waals surface area (Å²) in [6.45, 7) is 8.25. The van der Waals surface area contributed by atoms with Crippen molar-refractivity contribution >= 4 is 11.5 Å². The van der Waals surface area contributed by atoms with Gasteiger partial charge in [0.25, 0.3) is 0 Å². The highest BCUT2D eigenvalue weighted by Gasteiger charge is 2.51. The van der Waals surface area contributed by atoms with Gasteiger partial charge in [0, 0.05) is 12.1 Å². The molecule has 2 aromatic rings. The summed E-state index contributed by atoms with van der Waals surface area (Å²) in [5.74, 6) is 1.56. The van der Waals surface area contributed by atoms with E-state index in [4.69, 9.17) is 9.47 Å². The molecule has 0 radical (unpaired) electrons. The molecule has 1 amide bonds. The number of benzene rings is 2. The largest absolute Gasteiger partial charge is 0.454 e. The van der Waals surface area contributed by atoms with Gasteiger partial charge in [-0.15, -0.1) is 0 Å². The third-order valence-electron chi connectivity index (χ3n) is 5.36. The van der Waals surface area contributed by atoms with Gasteiger partial charge in [0.2, 0.25) is 12.7 Å². The van der Waals surface area contributed by atoms with Crippen molar-refractivity contribution in [2.75, 3.05) is 6.79 Å². The molecule has 1 fully saturated rings. The summed E-state index contributed by atoms with van der Waals surface area (Å²) in [4.78, 5) is 13.0. The summed E-state index contributed by atoms with van der Waals surface area (Å²) in [5, 5.41) is 3.15. The first-order chi connectivity index (χ1) is 14.7. The Bertz CT molecular complexity index is 940. The molecule has 4 heteroatoms. The van der Waals surface area contributed by atoms with Gasteiger partial charge >= 0.3 is 0 Å². The van der Waals surface area contributed by atoms with Crippen molar-refractivity contribution in [3.8, 4) is 11.5 Å². The Morgan fingerprint density at radius 3 is 2.33 bits per heavy atom. The molecule has 4 nitrogen and oxygen atoms in total. The summed E-state index contributed by atoms with van der Waals surface area (Å²) in [7, 11) is 0. The number of fused-ring (bicyclic) bond motifs is 1. The van der Waals surface area contributed by atoms with E-state index in [1.807, 2.05) is 64.1 Å². The van der Waals surface area contributed by atoms with Crippen molar-refractivity contribution in [1.29, 1.82) is 0 Å². The molecule has 3 aliphatic rings. The van der Waals surface area contributed by atoms with Crippen LogP contribution in [0.2, 0.25) is 0 Å². The zero-order valence-electron chi connectivity index (χ0n) is 18.3. The molecule has 1 aliphatic heterocycles. The van der Waals surface area contributed by atoms with Crippen LogP contribution < -0.4 is 14.8 Å². The van der Waals surface area contributed by atoms with Crippen molar-refractivity contribution in [1.82, 2.24) is 5.32 Å². The maximum Gasteiger partial charge on any atom is 0.234 e. The van der Waals surface area contributed by atoms with E-state index < -0.39 is 5.41 Å². The summed E-state index contributed by atoms with van der Waals surface area (Å²) in [6.07, 6.45) is 6.72. The molecular weight excluding hydrogens is 374 g/mol. The number of hydrogen-bond acceptors (Lipinski definition) is 3. The minimum Gasteiger partial charge on any atom is -0.454 e. The third kappa shape index (κ3) is 4.28. The summed E-state index contributed by atoms with van der Waals surface area (Å²) < 4.78 is 10.8. The predicted octanol–water partition coefficient (Wildman–Crippen LogP) is 5.99. The topological polar surface area (TPSA) is 47.6 Å². The number of nitrogens with one attached hydrogen (secondary N) is 1. The maximum atomic E-state index is 13.0. The van der Waals surface area contributed by atoms with Crippen molar-refractivity contribution in [2.45, 2.75) is 52.4 Å². The molecule has 158 valence electrons. The summed E-state index contributed by atoms with van der Waals surface area (Å²) >= 11 is 0. The fourth-order valence-corrected chi connectivity index (χ4v) is 3.68. The standard InChI is InChI=1S/C22H19NO3.2C2H6/c24-21(23-18-8-6-16(12-18)15-4-2-1-3-5-15)22(10-11-22)17-7-9-19-20(13-17)26-14-25-19;2*1-2/h1-7,9,12-13H,8,10-11,14H2,(H,23,24);2*1-2H3. The smallest absolute Gasteiger partial charge is 0.234 e. The fourth-order valence-electron chi connectivity index (χ4n) is 3.68. The van der Waals surface area contributed by atoms with Crippen LogP contribution in [0.4, 0.5) is 0 Å². The van der Waals surface area contributed by atoms with Crippen LogP contribution in [0.15, 0.2) is 66.4 Å². The van der Waals surface area contributed by atoms with Crippen LogP contribution in [0.5, 0.6) is 11.5 Å². The molecule has 0 bridgehead atoms. The van der Waals surface area contributed by atoms with E-state index in [1.165, 1.54) is 5.56 Å². The molecule has 0 spiro atoms. The third-order valence-corrected chi connectivity index (χ3v) is 5.36. The Kier molecular flexibility index (Phi) is 6.99. The molecule has 2 aliphatic carbocycles. The average Bonchev–Trinajstić information content (AvgIpc) is 3.27. The quantitative estimate of drug-likeness (QED) is 0.680. The monoisotopic (exact) mass is 405 g/mol. The minimum absolute atomic E-state index is 0.0744. The van der Waals surface area contributed by atoms with Crippen molar-refractivity contribution in [2.24, 2.45) is 0 Å². The molecule has 0 unspecified atom stereocenters. The van der Waals surface area contributed by atoms with Crippen LogP contribution in [0, 0.1) is 0 Å². The van der Waals surface area contributed by atoms with Crippen LogP contribution >= 0.6 is 0 Å². The predicted molar refractivity (Wildman–Crippen MR) is 121 cm³/mol. The van der Waals surface area contributed by atoms with Gasteiger partial charge in [-0.1, -0.05) is 70.2 Å². The Morgan fingerprint density at radius 1 is 0.933 bits per heavy atom. The molecule has 0 saturated heterocycles. The second-order valence-corrected chi connectivity index (χ2v) is 7.00. The number of carbonyl (C=O) groups is 1. The van der Waals surface area contributed by atoms with Crippen LogP contribution in [-0.2, 0) is 10.2 Å². The molecular formula is C26H31NO3. The van der Waals surface area contributed by atoms with E-state index in [2.05, 4.69) is 29.6 Å². The Balaban J connectivity index is 0.000000606. The number of ether oxygens (including phenoxy) is 2. The van der Waals surface area contributed by atoms with Gasteiger partial charge < -0.3 is 14.8 Å².